The van der Waals surface area contributed by atoms with Crippen molar-refractivity contribution < 1.29 is 16.8 Å². The van der Waals surface area contributed by atoms with Crippen molar-refractivity contribution in [3.05, 3.63) is 34.9 Å². The molecule has 0 amide bonds. The van der Waals surface area contributed by atoms with E-state index in [0.29, 0.717) is 0 Å². The van der Waals surface area contributed by atoms with Gasteiger partial charge in [0, 0.05) is 0 Å². The van der Waals surface area contributed by atoms with Crippen LogP contribution in [0.15, 0.2) is 18.2 Å². The summed E-state index contributed by atoms with van der Waals surface area (Å²) in [7, 11) is -3.92. The van der Waals surface area contributed by atoms with Gasteiger partial charge in [-0.2, -0.15) is 8.42 Å². The predicted octanol–water partition coefficient (Wildman–Crippen LogP) is 6.00. The SMILES string of the molecule is CCCCCCCCCCCCOS(=O)(=O)OCc1cccc(C)c1C. The Bertz CT molecular complexity index is 596. The highest BCUT2D eigenvalue weighted by Gasteiger charge is 2.13. The Kier molecular flexibility index (Phi) is 11.8. The molecule has 0 heterocycles. The Labute approximate surface area is 160 Å². The normalized spacial score (nSPS) is 11.8. The minimum Gasteiger partial charge on any atom is -0.248 e. The van der Waals surface area contributed by atoms with E-state index in [4.69, 9.17) is 8.37 Å². The van der Waals surface area contributed by atoms with Crippen molar-refractivity contribution in [2.75, 3.05) is 6.61 Å². The van der Waals surface area contributed by atoms with Crippen molar-refractivity contribution in [2.24, 2.45) is 0 Å². The van der Waals surface area contributed by atoms with E-state index in [2.05, 4.69) is 6.92 Å². The summed E-state index contributed by atoms with van der Waals surface area (Å²) in [5.74, 6) is 0. The van der Waals surface area contributed by atoms with Gasteiger partial charge in [-0.25, -0.2) is 8.37 Å². The number of hydrogen-bond acceptors (Lipinski definition) is 4. The Morgan fingerprint density at radius 1 is 0.808 bits per heavy atom. The molecule has 0 aliphatic carbocycles. The van der Waals surface area contributed by atoms with Crippen LogP contribution in [-0.4, -0.2) is 15.0 Å². The molecule has 0 fully saturated rings. The minimum atomic E-state index is -3.92. The second-order valence-corrected chi connectivity index (χ2v) is 8.32. The maximum atomic E-state index is 11.8. The van der Waals surface area contributed by atoms with E-state index in [0.717, 1.165) is 36.0 Å². The first-order valence-corrected chi connectivity index (χ1v) is 11.4. The van der Waals surface area contributed by atoms with Crippen LogP contribution in [0.4, 0.5) is 0 Å². The Hall–Kier alpha value is -0.910. The lowest BCUT2D eigenvalue weighted by Gasteiger charge is -2.09. The second kappa shape index (κ2) is 13.3. The van der Waals surface area contributed by atoms with Gasteiger partial charge < -0.3 is 0 Å². The quantitative estimate of drug-likeness (QED) is 0.348. The van der Waals surface area contributed by atoms with Crippen molar-refractivity contribution in [2.45, 2.75) is 91.6 Å². The van der Waals surface area contributed by atoms with Gasteiger partial charge in [-0.15, -0.1) is 0 Å². The number of rotatable bonds is 15. The van der Waals surface area contributed by atoms with Gasteiger partial charge in [0.25, 0.3) is 0 Å². The van der Waals surface area contributed by atoms with Crippen LogP contribution >= 0.6 is 0 Å². The highest BCUT2D eigenvalue weighted by molar-refractivity contribution is 7.81. The highest BCUT2D eigenvalue weighted by atomic mass is 32.3. The molecule has 0 unspecified atom stereocenters. The third kappa shape index (κ3) is 10.3. The summed E-state index contributed by atoms with van der Waals surface area (Å²) in [6.45, 7) is 6.41. The molecule has 0 aliphatic heterocycles. The number of aryl methyl sites for hydroxylation is 1. The maximum Gasteiger partial charge on any atom is 0.400 e. The highest BCUT2D eigenvalue weighted by Crippen LogP contribution is 2.15. The van der Waals surface area contributed by atoms with Crippen LogP contribution in [0.5, 0.6) is 0 Å². The molecule has 0 aliphatic rings. The molecule has 0 atom stereocenters. The molecule has 0 N–H and O–H groups in total. The van der Waals surface area contributed by atoms with Gasteiger partial charge in [-0.05, 0) is 37.0 Å². The number of unbranched alkanes of at least 4 members (excludes halogenated alkanes) is 9. The first kappa shape index (κ1) is 23.1. The fourth-order valence-corrected chi connectivity index (χ4v) is 3.55. The minimum absolute atomic E-state index is 0.0217. The third-order valence-electron chi connectivity index (χ3n) is 4.80. The fraction of sp³-hybridized carbons (Fsp3) is 0.714. The first-order chi connectivity index (χ1) is 12.5. The van der Waals surface area contributed by atoms with Gasteiger partial charge in [-0.1, -0.05) is 82.9 Å². The predicted molar refractivity (Wildman–Crippen MR) is 107 cm³/mol. The lowest BCUT2D eigenvalue weighted by molar-refractivity contribution is 0.204. The first-order valence-electron chi connectivity index (χ1n) is 10.0. The fourth-order valence-electron chi connectivity index (χ4n) is 2.89. The molecule has 0 radical (unpaired) electrons. The summed E-state index contributed by atoms with van der Waals surface area (Å²) < 4.78 is 33.6. The molecule has 26 heavy (non-hydrogen) atoms. The van der Waals surface area contributed by atoms with Gasteiger partial charge in [0.05, 0.1) is 13.2 Å². The summed E-state index contributed by atoms with van der Waals surface area (Å²) >= 11 is 0. The van der Waals surface area contributed by atoms with Crippen LogP contribution in [0.2, 0.25) is 0 Å². The van der Waals surface area contributed by atoms with E-state index in [9.17, 15) is 8.42 Å². The van der Waals surface area contributed by atoms with Gasteiger partial charge in [0.15, 0.2) is 0 Å². The van der Waals surface area contributed by atoms with E-state index < -0.39 is 10.4 Å². The molecule has 0 bridgehead atoms. The van der Waals surface area contributed by atoms with E-state index in [1.165, 1.54) is 44.9 Å². The van der Waals surface area contributed by atoms with Crippen molar-refractivity contribution in [1.82, 2.24) is 0 Å². The molecule has 5 heteroatoms. The van der Waals surface area contributed by atoms with Crippen LogP contribution < -0.4 is 0 Å². The van der Waals surface area contributed by atoms with Crippen LogP contribution in [-0.2, 0) is 25.4 Å². The van der Waals surface area contributed by atoms with E-state index >= 15 is 0 Å². The average molecular weight is 385 g/mol. The largest absolute Gasteiger partial charge is 0.400 e. The molecule has 1 aromatic rings. The van der Waals surface area contributed by atoms with Gasteiger partial charge in [0.1, 0.15) is 0 Å². The van der Waals surface area contributed by atoms with Crippen molar-refractivity contribution in [3.8, 4) is 0 Å². The molecule has 0 aromatic heterocycles. The summed E-state index contributed by atoms with van der Waals surface area (Å²) in [5, 5.41) is 0. The van der Waals surface area contributed by atoms with Crippen LogP contribution in [0, 0.1) is 13.8 Å². The average Bonchev–Trinajstić information content (AvgIpc) is 2.61. The molecule has 1 aromatic carbocycles. The lowest BCUT2D eigenvalue weighted by Crippen LogP contribution is -2.11. The molecule has 0 saturated heterocycles. The van der Waals surface area contributed by atoms with Crippen LogP contribution in [0.1, 0.15) is 87.8 Å². The Morgan fingerprint density at radius 2 is 1.38 bits per heavy atom. The zero-order valence-electron chi connectivity index (χ0n) is 16.8. The summed E-state index contributed by atoms with van der Waals surface area (Å²) in [5.41, 5.74) is 3.04. The lowest BCUT2D eigenvalue weighted by atomic mass is 10.0. The Balaban J connectivity index is 2.08. The molecule has 0 spiro atoms. The van der Waals surface area contributed by atoms with Gasteiger partial charge in [0.2, 0.25) is 0 Å². The third-order valence-corrected chi connectivity index (χ3v) is 5.66. The molecular formula is C21H36O4S. The zero-order chi connectivity index (χ0) is 19.3. The maximum absolute atomic E-state index is 11.8. The van der Waals surface area contributed by atoms with E-state index in [1.54, 1.807) is 0 Å². The molecule has 0 saturated carbocycles. The number of benzene rings is 1. The summed E-state index contributed by atoms with van der Waals surface area (Å²) in [4.78, 5) is 0. The van der Waals surface area contributed by atoms with Crippen molar-refractivity contribution in [3.63, 3.8) is 0 Å². The van der Waals surface area contributed by atoms with Crippen LogP contribution in [0.3, 0.4) is 0 Å². The molecule has 4 nitrogen and oxygen atoms in total. The second-order valence-electron chi connectivity index (χ2n) is 7.03. The number of hydrogen-bond donors (Lipinski definition) is 0. The summed E-state index contributed by atoms with van der Waals surface area (Å²) in [6, 6.07) is 5.77. The monoisotopic (exact) mass is 384 g/mol. The topological polar surface area (TPSA) is 52.6 Å². The zero-order valence-corrected chi connectivity index (χ0v) is 17.6. The van der Waals surface area contributed by atoms with Crippen molar-refractivity contribution in [1.29, 1.82) is 0 Å². The van der Waals surface area contributed by atoms with Gasteiger partial charge >= 0.3 is 10.4 Å². The molecular weight excluding hydrogens is 348 g/mol. The van der Waals surface area contributed by atoms with Gasteiger partial charge in [-0.3, -0.25) is 0 Å². The van der Waals surface area contributed by atoms with Crippen molar-refractivity contribution >= 4 is 10.4 Å². The van der Waals surface area contributed by atoms with Crippen LogP contribution in [0.25, 0.3) is 0 Å². The molecule has 150 valence electrons. The Morgan fingerprint density at radius 3 is 2.00 bits per heavy atom. The summed E-state index contributed by atoms with van der Waals surface area (Å²) in [6.07, 6.45) is 12.0. The smallest absolute Gasteiger partial charge is 0.248 e. The standard InChI is InChI=1S/C21H36O4S/c1-4-5-6-7-8-9-10-11-12-13-17-24-26(22,23)25-18-21-16-14-15-19(2)20(21)3/h14-16H,4-13,17-18H2,1-3H3. The molecule has 1 rings (SSSR count). The van der Waals surface area contributed by atoms with E-state index in [1.807, 2.05) is 32.0 Å². The van der Waals surface area contributed by atoms with E-state index in [-0.39, 0.29) is 13.2 Å².